The van der Waals surface area contributed by atoms with Crippen LogP contribution in [-0.4, -0.2) is 17.7 Å². The van der Waals surface area contributed by atoms with Crippen molar-refractivity contribution in [2.75, 3.05) is 0 Å². The second-order valence-electron chi connectivity index (χ2n) is 8.99. The van der Waals surface area contributed by atoms with Crippen molar-refractivity contribution in [2.24, 2.45) is 10.1 Å². The average molecular weight is 452 g/mol. The van der Waals surface area contributed by atoms with Crippen molar-refractivity contribution in [1.29, 1.82) is 0 Å². The lowest BCUT2D eigenvalue weighted by Crippen LogP contribution is -2.30. The molecule has 33 heavy (non-hydrogen) atoms. The number of amides is 2. The van der Waals surface area contributed by atoms with Crippen LogP contribution in [0.25, 0.3) is 6.08 Å². The van der Waals surface area contributed by atoms with Gasteiger partial charge in [0.05, 0.1) is 5.36 Å². The molecule has 0 atom stereocenters. The molecule has 0 saturated carbocycles. The standard InChI is InChI=1S/C28H41N3O2/c1-2-3-4-5-6-7-8-9-10-11-12-13-14-15-16-21-27(32)31-29-23-25-22-24-19-17-18-20-26(24)30-28(25)33/h17-20,22H,2-16,21H2,1H3,(H,31,32). The Labute approximate surface area is 199 Å². The first kappa shape index (κ1) is 26.7. The minimum Gasteiger partial charge on any atom is -0.273 e. The van der Waals surface area contributed by atoms with Gasteiger partial charge in [-0.25, -0.2) is 10.4 Å². The van der Waals surface area contributed by atoms with Gasteiger partial charge >= 0.3 is 0 Å². The molecule has 2 rings (SSSR count). The lowest BCUT2D eigenvalue weighted by atomic mass is 10.0. The highest BCUT2D eigenvalue weighted by Gasteiger charge is 2.09. The van der Waals surface area contributed by atoms with Gasteiger partial charge in [0, 0.05) is 17.5 Å². The molecule has 0 radical (unpaired) electrons. The summed E-state index contributed by atoms with van der Waals surface area (Å²) >= 11 is 0. The number of benzene rings is 1. The predicted octanol–water partition coefficient (Wildman–Crippen LogP) is 5.52. The summed E-state index contributed by atoms with van der Waals surface area (Å²) in [6.07, 6.45) is 21.7. The fourth-order valence-corrected chi connectivity index (χ4v) is 4.04. The van der Waals surface area contributed by atoms with Crippen molar-refractivity contribution in [3.8, 4) is 0 Å². The number of nitrogens with zero attached hydrogens (tertiary/aromatic N) is 2. The van der Waals surface area contributed by atoms with Gasteiger partial charge in [0.25, 0.3) is 5.91 Å². The Bertz CT molecular complexity index is 913. The molecule has 5 heteroatoms. The third kappa shape index (κ3) is 11.8. The van der Waals surface area contributed by atoms with Crippen LogP contribution in [0, 0.1) is 0 Å². The first-order valence-corrected chi connectivity index (χ1v) is 13.0. The van der Waals surface area contributed by atoms with E-state index in [0.29, 0.717) is 11.8 Å². The Morgan fingerprint density at radius 1 is 0.848 bits per heavy atom. The van der Waals surface area contributed by atoms with Crippen LogP contribution in [0.15, 0.2) is 39.9 Å². The molecular weight excluding hydrogens is 410 g/mol. The summed E-state index contributed by atoms with van der Waals surface area (Å²) in [5.74, 6) is 2.07. The van der Waals surface area contributed by atoms with Gasteiger partial charge in [0.1, 0.15) is 5.57 Å². The van der Waals surface area contributed by atoms with Gasteiger partial charge in [0.15, 0.2) is 0 Å². The molecule has 1 aromatic rings. The molecule has 0 fully saturated rings. The monoisotopic (exact) mass is 451 g/mol. The van der Waals surface area contributed by atoms with E-state index >= 15 is 0 Å². The Morgan fingerprint density at radius 2 is 1.39 bits per heavy atom. The van der Waals surface area contributed by atoms with Gasteiger partial charge in [-0.15, -0.1) is 5.10 Å². The van der Waals surface area contributed by atoms with E-state index in [2.05, 4.69) is 28.3 Å². The zero-order valence-corrected chi connectivity index (χ0v) is 20.4. The Balaban J connectivity index is 1.46. The molecule has 2 amide bonds. The number of nitrogens with one attached hydrogen (secondary N) is 1. The molecule has 0 spiro atoms. The van der Waals surface area contributed by atoms with Crippen LogP contribution >= 0.6 is 0 Å². The molecule has 0 bridgehead atoms. The number of hydrogen-bond acceptors (Lipinski definition) is 3. The normalized spacial score (nSPS) is 12.4. The maximum atomic E-state index is 12.0. The number of fused-ring (bicyclic) bond motifs is 1. The molecule has 0 saturated heterocycles. The highest BCUT2D eigenvalue weighted by atomic mass is 16.2. The molecule has 1 aliphatic heterocycles. The molecule has 0 aliphatic carbocycles. The van der Waals surface area contributed by atoms with Crippen molar-refractivity contribution >= 4 is 23.8 Å². The van der Waals surface area contributed by atoms with E-state index in [0.717, 1.165) is 18.1 Å². The van der Waals surface area contributed by atoms with E-state index in [4.69, 9.17) is 0 Å². The summed E-state index contributed by atoms with van der Waals surface area (Å²) in [7, 11) is 0. The quantitative estimate of drug-likeness (QED) is 0.147. The lowest BCUT2D eigenvalue weighted by molar-refractivity contribution is -0.121. The van der Waals surface area contributed by atoms with Crippen molar-refractivity contribution in [3.05, 3.63) is 40.4 Å². The van der Waals surface area contributed by atoms with Gasteiger partial charge in [-0.1, -0.05) is 115 Å². The van der Waals surface area contributed by atoms with Crippen LogP contribution < -0.4 is 16.0 Å². The van der Waals surface area contributed by atoms with Crippen molar-refractivity contribution in [2.45, 2.75) is 110 Å². The Kier molecular flexibility index (Phi) is 13.8. The van der Waals surface area contributed by atoms with E-state index in [-0.39, 0.29) is 11.5 Å². The Hall–Kier alpha value is -2.52. The average Bonchev–Trinajstić information content (AvgIpc) is 2.82. The second kappa shape index (κ2) is 17.0. The minimum atomic E-state index is -0.394. The summed E-state index contributed by atoms with van der Waals surface area (Å²) < 4.78 is 0. The highest BCUT2D eigenvalue weighted by molar-refractivity contribution is 6.10. The number of para-hydroxylation sites is 1. The highest BCUT2D eigenvalue weighted by Crippen LogP contribution is 2.13. The van der Waals surface area contributed by atoms with Crippen molar-refractivity contribution in [3.63, 3.8) is 0 Å². The molecule has 1 heterocycles. The summed E-state index contributed by atoms with van der Waals surface area (Å²) in [6.45, 7) is 2.27. The van der Waals surface area contributed by atoms with E-state index in [1.165, 1.54) is 83.5 Å². The third-order valence-corrected chi connectivity index (χ3v) is 6.05. The zero-order chi connectivity index (χ0) is 23.6. The van der Waals surface area contributed by atoms with Crippen LogP contribution in [0.2, 0.25) is 0 Å². The number of hydrogen-bond donors (Lipinski definition) is 1. The smallest absolute Gasteiger partial charge is 0.273 e. The molecule has 1 aliphatic rings. The summed E-state index contributed by atoms with van der Waals surface area (Å²) in [4.78, 5) is 27.9. The van der Waals surface area contributed by atoms with E-state index in [1.807, 2.05) is 18.2 Å². The lowest BCUT2D eigenvalue weighted by Gasteiger charge is -2.03. The first-order chi connectivity index (χ1) is 16.2. The second-order valence-corrected chi connectivity index (χ2v) is 8.99. The van der Waals surface area contributed by atoms with Crippen LogP contribution in [0.5, 0.6) is 0 Å². The molecule has 0 unspecified atom stereocenters. The van der Waals surface area contributed by atoms with Crippen LogP contribution in [-0.2, 0) is 9.59 Å². The zero-order valence-electron chi connectivity index (χ0n) is 20.4. The van der Waals surface area contributed by atoms with Crippen LogP contribution in [0.3, 0.4) is 0 Å². The number of hydrazone groups is 1. The van der Waals surface area contributed by atoms with Crippen molar-refractivity contribution in [1.82, 2.24) is 5.43 Å². The summed E-state index contributed by atoms with van der Waals surface area (Å²) in [5, 5.41) is 5.30. The molecule has 1 aromatic carbocycles. The third-order valence-electron chi connectivity index (χ3n) is 6.05. The first-order valence-electron chi connectivity index (χ1n) is 13.0. The largest absolute Gasteiger partial charge is 0.287 e. The van der Waals surface area contributed by atoms with Crippen LogP contribution in [0.1, 0.15) is 110 Å². The number of rotatable bonds is 17. The maximum absolute atomic E-state index is 12.0. The van der Waals surface area contributed by atoms with E-state index in [9.17, 15) is 9.59 Å². The minimum absolute atomic E-state index is 0.140. The van der Waals surface area contributed by atoms with Gasteiger partial charge in [0.2, 0.25) is 5.91 Å². The fraction of sp³-hybridized carbons (Fsp3) is 0.607. The van der Waals surface area contributed by atoms with Gasteiger partial charge < -0.3 is 0 Å². The van der Waals surface area contributed by atoms with Gasteiger partial charge in [-0.05, 0) is 18.6 Å². The van der Waals surface area contributed by atoms with E-state index in [1.54, 1.807) is 12.1 Å². The maximum Gasteiger partial charge on any atom is 0.287 e. The topological polar surface area (TPSA) is 70.9 Å². The fourth-order valence-electron chi connectivity index (χ4n) is 4.04. The van der Waals surface area contributed by atoms with E-state index < -0.39 is 5.91 Å². The molecule has 0 aromatic heterocycles. The predicted molar refractivity (Wildman–Crippen MR) is 135 cm³/mol. The summed E-state index contributed by atoms with van der Waals surface area (Å²) in [5.41, 5.74) is 2.72. The Morgan fingerprint density at radius 3 is 2.00 bits per heavy atom. The van der Waals surface area contributed by atoms with Gasteiger partial charge in [-0.3, -0.25) is 9.59 Å². The molecular formula is C28H41N3O2. The van der Waals surface area contributed by atoms with Crippen LogP contribution in [0.4, 0.5) is 0 Å². The number of carbonyl (C=O) groups is 2. The SMILES string of the molecule is CCCCCCCCCCCCCCCCCC(=O)NN=C=C1C=c2ccccc2=NC1=O. The van der Waals surface area contributed by atoms with Crippen molar-refractivity contribution < 1.29 is 9.59 Å². The molecule has 5 nitrogen and oxygen atoms in total. The summed E-state index contributed by atoms with van der Waals surface area (Å²) in [6, 6.07) is 7.39. The number of carbonyl (C=O) groups excluding carboxylic acids is 2. The van der Waals surface area contributed by atoms with Gasteiger partial charge in [-0.2, -0.15) is 0 Å². The molecule has 180 valence electrons. The number of unbranched alkanes of at least 4 members (excludes halogenated alkanes) is 14. The molecule has 1 N–H and O–H groups in total.